The highest BCUT2D eigenvalue weighted by molar-refractivity contribution is 7.80. The Labute approximate surface area is 228 Å². The van der Waals surface area contributed by atoms with Gasteiger partial charge in [-0.1, -0.05) is 34.6 Å². The first-order valence-electron chi connectivity index (χ1n) is 14.9. The van der Waals surface area contributed by atoms with Crippen LogP contribution in [0.25, 0.3) is 0 Å². The minimum Gasteiger partial charge on any atom is -0.726 e. The average molecular weight is 552 g/mol. The lowest BCUT2D eigenvalue weighted by atomic mass is 9.41. The topological polar surface area (TPSA) is 121 Å². The van der Waals surface area contributed by atoms with Crippen LogP contribution in [0, 0.1) is 56.7 Å². The van der Waals surface area contributed by atoms with Gasteiger partial charge in [-0.15, -0.1) is 0 Å². The van der Waals surface area contributed by atoms with Crippen molar-refractivity contribution in [2.45, 2.75) is 105 Å². The number of hydrogen-bond donors (Lipinski definition) is 1. The lowest BCUT2D eigenvalue weighted by Crippen LogP contribution is -2.60. The minimum atomic E-state index is -4.96. The van der Waals surface area contributed by atoms with Crippen LogP contribution in [-0.2, 0) is 24.2 Å². The van der Waals surface area contributed by atoms with Crippen molar-refractivity contribution < 1.29 is 31.8 Å². The predicted octanol–water partition coefficient (Wildman–Crippen LogP) is 5.07. The molecule has 1 N–H and O–H groups in total. The predicted molar refractivity (Wildman–Crippen MR) is 142 cm³/mol. The van der Waals surface area contributed by atoms with Crippen molar-refractivity contribution in [3.63, 3.8) is 0 Å². The third kappa shape index (κ3) is 3.86. The van der Waals surface area contributed by atoms with Crippen molar-refractivity contribution >= 4 is 22.0 Å². The maximum absolute atomic E-state index is 13.2. The molecular weight excluding hydrogens is 504 g/mol. The summed E-state index contributed by atoms with van der Waals surface area (Å²) in [5.74, 6) is 1.86. The Hall–Kier alpha value is -0.830. The van der Waals surface area contributed by atoms with Crippen molar-refractivity contribution in [3.8, 4) is 0 Å². The standard InChI is InChI=1S/C30H48O7S/c1-19(2)14-21(32)15-20(3)22-8-10-27(5)23-6-7-24-28(17-31,18-37-38(34,35)36)25(33)9-11-29(24)16-30(23,29)13-12-26(22,27)4/h19-20,22-24,31H,6-18H2,1-5H3,(H,34,35,36)/p-1/t20-,22-,23+,24+,26-,27+,28+,29-,30+/m1/s1. The largest absolute Gasteiger partial charge is 0.726 e. The third-order valence-electron chi connectivity index (χ3n) is 13.2. The molecule has 0 aromatic heterocycles. The zero-order chi connectivity index (χ0) is 27.9. The Bertz CT molecular complexity index is 1100. The summed E-state index contributed by atoms with van der Waals surface area (Å²) in [6.07, 6.45) is 9.63. The second-order valence-electron chi connectivity index (χ2n) is 14.9. The molecule has 38 heavy (non-hydrogen) atoms. The van der Waals surface area contributed by atoms with Crippen LogP contribution in [0.5, 0.6) is 0 Å². The van der Waals surface area contributed by atoms with Gasteiger partial charge in [-0.05, 0) is 103 Å². The van der Waals surface area contributed by atoms with E-state index in [4.69, 9.17) is 0 Å². The minimum absolute atomic E-state index is 0.0934. The van der Waals surface area contributed by atoms with Gasteiger partial charge >= 0.3 is 0 Å². The molecule has 5 aliphatic carbocycles. The molecule has 0 aromatic carbocycles. The molecule has 5 saturated carbocycles. The molecule has 0 aromatic rings. The quantitative estimate of drug-likeness (QED) is 0.314. The molecule has 5 rings (SSSR count). The lowest BCUT2D eigenvalue weighted by molar-refractivity contribution is -0.170. The summed E-state index contributed by atoms with van der Waals surface area (Å²) in [5.41, 5.74) is -0.986. The van der Waals surface area contributed by atoms with Crippen LogP contribution in [-0.4, -0.2) is 42.9 Å². The van der Waals surface area contributed by atoms with Crippen LogP contribution in [0.4, 0.5) is 0 Å². The summed E-state index contributed by atoms with van der Waals surface area (Å²) in [6, 6.07) is 0. The Morgan fingerprint density at radius 1 is 1.00 bits per heavy atom. The van der Waals surface area contributed by atoms with Gasteiger partial charge in [0.1, 0.15) is 11.6 Å². The molecule has 216 valence electrons. The Balaban J connectivity index is 1.41. The number of rotatable bonds is 9. The van der Waals surface area contributed by atoms with Crippen LogP contribution in [0.1, 0.15) is 105 Å². The molecule has 9 atom stereocenters. The smallest absolute Gasteiger partial charge is 0.217 e. The molecule has 0 heterocycles. The van der Waals surface area contributed by atoms with E-state index >= 15 is 0 Å². The first kappa shape index (κ1) is 28.7. The summed E-state index contributed by atoms with van der Waals surface area (Å²) >= 11 is 0. The first-order valence-corrected chi connectivity index (χ1v) is 16.2. The molecular formula is C30H47O7S-. The zero-order valence-electron chi connectivity index (χ0n) is 23.9. The molecule has 5 aliphatic rings. The number of carbonyl (C=O) groups excluding carboxylic acids is 2. The summed E-state index contributed by atoms with van der Waals surface area (Å²) in [7, 11) is -4.96. The van der Waals surface area contributed by atoms with Crippen molar-refractivity contribution in [1.29, 1.82) is 0 Å². The van der Waals surface area contributed by atoms with Crippen LogP contribution < -0.4 is 0 Å². The normalized spacial score (nSPS) is 46.6. The summed E-state index contributed by atoms with van der Waals surface area (Å²) in [5, 5.41) is 10.5. The fourth-order valence-corrected chi connectivity index (χ4v) is 11.8. The maximum atomic E-state index is 13.2. The van der Waals surface area contributed by atoms with Gasteiger partial charge in [-0.2, -0.15) is 0 Å². The van der Waals surface area contributed by atoms with Gasteiger partial charge in [-0.25, -0.2) is 8.42 Å². The fourth-order valence-electron chi connectivity index (χ4n) is 11.4. The van der Waals surface area contributed by atoms with E-state index in [1.165, 1.54) is 0 Å². The number of aliphatic hydroxyl groups excluding tert-OH is 1. The van der Waals surface area contributed by atoms with Gasteiger partial charge in [0.25, 0.3) is 0 Å². The number of aliphatic hydroxyl groups is 1. The van der Waals surface area contributed by atoms with Crippen LogP contribution in [0.3, 0.4) is 0 Å². The molecule has 7 nitrogen and oxygen atoms in total. The average Bonchev–Trinajstić information content (AvgIpc) is 3.40. The second kappa shape index (κ2) is 9.09. The van der Waals surface area contributed by atoms with Gasteiger partial charge in [0.15, 0.2) is 0 Å². The first-order chi connectivity index (χ1) is 17.6. The molecule has 0 aliphatic heterocycles. The van der Waals surface area contributed by atoms with Gasteiger partial charge < -0.3 is 9.66 Å². The second-order valence-corrected chi connectivity index (χ2v) is 15.9. The lowest BCUT2D eigenvalue weighted by Gasteiger charge is -2.63. The highest BCUT2D eigenvalue weighted by Gasteiger charge is 2.83. The monoisotopic (exact) mass is 551 g/mol. The number of ketones is 2. The van der Waals surface area contributed by atoms with Gasteiger partial charge in [0.2, 0.25) is 10.4 Å². The fraction of sp³-hybridized carbons (Fsp3) is 0.933. The van der Waals surface area contributed by atoms with E-state index in [1.807, 2.05) is 0 Å². The van der Waals surface area contributed by atoms with Crippen LogP contribution in [0.15, 0.2) is 0 Å². The van der Waals surface area contributed by atoms with E-state index < -0.39 is 29.0 Å². The van der Waals surface area contributed by atoms with Gasteiger partial charge in [-0.3, -0.25) is 13.8 Å². The highest BCUT2D eigenvalue weighted by Crippen LogP contribution is 2.88. The number of Topliss-reactive ketones (excluding diaryl/α,β-unsaturated/α-hetero) is 2. The highest BCUT2D eigenvalue weighted by atomic mass is 32.3. The van der Waals surface area contributed by atoms with E-state index in [0.717, 1.165) is 51.4 Å². The summed E-state index contributed by atoms with van der Waals surface area (Å²) in [6.45, 7) is 10.5. The van der Waals surface area contributed by atoms with E-state index in [1.54, 1.807) is 0 Å². The zero-order valence-corrected chi connectivity index (χ0v) is 24.7. The summed E-state index contributed by atoms with van der Waals surface area (Å²) < 4.78 is 38.7. The molecule has 0 bridgehead atoms. The Morgan fingerprint density at radius 3 is 2.29 bits per heavy atom. The van der Waals surface area contributed by atoms with Crippen molar-refractivity contribution in [1.82, 2.24) is 0 Å². The number of fused-ring (bicyclic) bond motifs is 2. The van der Waals surface area contributed by atoms with E-state index in [0.29, 0.717) is 48.7 Å². The maximum Gasteiger partial charge on any atom is 0.217 e. The molecule has 0 amide bonds. The van der Waals surface area contributed by atoms with E-state index in [2.05, 4.69) is 38.8 Å². The number of carbonyl (C=O) groups is 2. The molecule has 2 spiro atoms. The third-order valence-corrected chi connectivity index (χ3v) is 13.6. The Morgan fingerprint density at radius 2 is 1.66 bits per heavy atom. The van der Waals surface area contributed by atoms with Gasteiger partial charge in [0, 0.05) is 19.3 Å². The van der Waals surface area contributed by atoms with Crippen molar-refractivity contribution in [3.05, 3.63) is 0 Å². The molecule has 0 radical (unpaired) electrons. The van der Waals surface area contributed by atoms with Crippen LogP contribution in [0.2, 0.25) is 0 Å². The molecule has 0 unspecified atom stereocenters. The van der Waals surface area contributed by atoms with Crippen molar-refractivity contribution in [2.75, 3.05) is 13.2 Å². The van der Waals surface area contributed by atoms with Crippen molar-refractivity contribution in [2.24, 2.45) is 56.7 Å². The van der Waals surface area contributed by atoms with E-state index in [-0.39, 0.29) is 33.4 Å². The van der Waals surface area contributed by atoms with Crippen LogP contribution >= 0.6 is 0 Å². The molecule has 8 heteroatoms. The summed E-state index contributed by atoms with van der Waals surface area (Å²) in [4.78, 5) is 26.0. The molecule has 0 saturated heterocycles. The molecule has 5 fully saturated rings. The Kier molecular flexibility index (Phi) is 6.86. The van der Waals surface area contributed by atoms with Gasteiger partial charge in [0.05, 0.1) is 18.6 Å². The number of hydrogen-bond acceptors (Lipinski definition) is 7. The van der Waals surface area contributed by atoms with E-state index in [9.17, 15) is 27.7 Å². The SMILES string of the molecule is CC(C)CC(=O)C[C@@H](C)[C@H]1CC[C@@]2(C)[C@@H]3CC[C@H]4[C@](CO)(COS(=O)(=O)[O-])C(=O)CC[C@@]45C[C@@]35CC[C@]12C.